The molecule has 0 fully saturated rings. The molecule has 7 rings (SSSR count). The normalized spacial score (nSPS) is 12.2. The lowest BCUT2D eigenvalue weighted by Gasteiger charge is -2.20. The van der Waals surface area contributed by atoms with Gasteiger partial charge in [0.1, 0.15) is 17.3 Å². The van der Waals surface area contributed by atoms with Crippen LogP contribution in [-0.4, -0.2) is 19.3 Å². The van der Waals surface area contributed by atoms with Crippen molar-refractivity contribution in [2.75, 3.05) is 0 Å². The van der Waals surface area contributed by atoms with Crippen LogP contribution in [0.3, 0.4) is 0 Å². The van der Waals surface area contributed by atoms with Gasteiger partial charge in [-0.3, -0.25) is 4.57 Å². The van der Waals surface area contributed by atoms with Crippen LogP contribution in [0.25, 0.3) is 44.4 Å². The molecular formula is C47H52N4O. The smallest absolute Gasteiger partial charge is 0.137 e. The fourth-order valence-corrected chi connectivity index (χ4v) is 7.37. The molecule has 0 aliphatic carbocycles. The maximum absolute atomic E-state index is 6.75. The predicted molar refractivity (Wildman–Crippen MR) is 218 cm³/mol. The van der Waals surface area contributed by atoms with Crippen LogP contribution < -0.4 is 4.74 Å². The molecule has 52 heavy (non-hydrogen) atoms. The first-order chi connectivity index (χ1) is 24.9. The number of fused-ring (bicyclic) bond motifs is 3. The van der Waals surface area contributed by atoms with Crippen LogP contribution in [0.15, 0.2) is 110 Å². The monoisotopic (exact) mass is 688 g/mol. The molecule has 7 aromatic rings. The fraction of sp³-hybridized carbons (Fsp3) is 0.319. The first-order valence-electron chi connectivity index (χ1n) is 18.8. The average Bonchev–Trinajstić information content (AvgIpc) is 3.70. The van der Waals surface area contributed by atoms with Gasteiger partial charge in [-0.25, -0.2) is 9.67 Å². The van der Waals surface area contributed by atoms with E-state index in [2.05, 4.69) is 164 Å². The molecule has 0 aliphatic heterocycles. The summed E-state index contributed by atoms with van der Waals surface area (Å²) in [6.07, 6.45) is 8.21. The highest BCUT2D eigenvalue weighted by atomic mass is 16.5. The summed E-state index contributed by atoms with van der Waals surface area (Å²) >= 11 is 0. The average molecular weight is 689 g/mol. The van der Waals surface area contributed by atoms with Gasteiger partial charge in [-0.1, -0.05) is 98.7 Å². The lowest BCUT2D eigenvalue weighted by atomic mass is 9.88. The molecule has 0 N–H and O–H groups in total. The van der Waals surface area contributed by atoms with E-state index in [9.17, 15) is 0 Å². The van der Waals surface area contributed by atoms with Gasteiger partial charge in [-0.05, 0) is 106 Å². The van der Waals surface area contributed by atoms with Crippen LogP contribution in [-0.2, 0) is 18.3 Å². The zero-order valence-electron chi connectivity index (χ0n) is 32.2. The lowest BCUT2D eigenvalue weighted by molar-refractivity contribution is 0.481. The Hall–Kier alpha value is -5.16. The van der Waals surface area contributed by atoms with Crippen molar-refractivity contribution in [1.29, 1.82) is 0 Å². The number of rotatable bonds is 10. The molecule has 0 saturated carbocycles. The predicted octanol–water partition coefficient (Wildman–Crippen LogP) is 12.6. The number of hydrogen-bond acceptors (Lipinski definition) is 3. The number of benzene rings is 4. The van der Waals surface area contributed by atoms with E-state index in [1.807, 2.05) is 17.1 Å². The summed E-state index contributed by atoms with van der Waals surface area (Å²) < 4.78 is 11.0. The summed E-state index contributed by atoms with van der Waals surface area (Å²) in [7, 11) is 0. The van der Waals surface area contributed by atoms with Gasteiger partial charge in [-0.15, -0.1) is 0 Å². The fourth-order valence-electron chi connectivity index (χ4n) is 7.37. The molecule has 0 aliphatic rings. The van der Waals surface area contributed by atoms with E-state index >= 15 is 0 Å². The summed E-state index contributed by atoms with van der Waals surface area (Å²) in [6, 6.07) is 32.6. The number of pyridine rings is 1. The Bertz CT molecular complexity index is 2340. The molecule has 0 saturated heterocycles. The van der Waals surface area contributed by atoms with Crippen LogP contribution in [0, 0.1) is 11.8 Å². The van der Waals surface area contributed by atoms with Crippen LogP contribution in [0.1, 0.15) is 90.5 Å². The van der Waals surface area contributed by atoms with Gasteiger partial charge in [0.2, 0.25) is 0 Å². The second kappa shape index (κ2) is 14.1. The minimum atomic E-state index is 0.00698. The van der Waals surface area contributed by atoms with E-state index in [0.29, 0.717) is 17.8 Å². The van der Waals surface area contributed by atoms with Crippen molar-refractivity contribution in [2.24, 2.45) is 11.8 Å². The van der Waals surface area contributed by atoms with Crippen LogP contribution >= 0.6 is 0 Å². The first kappa shape index (κ1) is 35.3. The summed E-state index contributed by atoms with van der Waals surface area (Å²) in [5, 5.41) is 7.30. The van der Waals surface area contributed by atoms with Crippen LogP contribution in [0.4, 0.5) is 0 Å². The third-order valence-electron chi connectivity index (χ3n) is 9.93. The quantitative estimate of drug-likeness (QED) is 0.144. The Morgan fingerprint density at radius 3 is 2.10 bits per heavy atom. The molecular weight excluding hydrogens is 637 g/mol. The molecule has 5 nitrogen and oxygen atoms in total. The van der Waals surface area contributed by atoms with E-state index in [0.717, 1.165) is 52.4 Å². The standard InChI is InChI=1S/C47H52N4O/c1-30(2)21-33-13-12-14-34(22-31(3)4)46(33)36-28-49-50(29-36)38-23-35(32(5)6)24-40(26-38)52-39-17-18-42-41-15-10-11-16-43(41)51(44(42)27-39)45-25-37(19-20-48-45)47(7,8)9/h10-20,23-32H,21-22H2,1-9H3. The SMILES string of the molecule is CC(C)Cc1cccc(CC(C)C)c1-c1cnn(-c2cc(Oc3ccc4c5ccccc5n(-c5cc(C(C)(C)C)ccn5)c4c3)cc(C(C)C)c2)c1. The first-order valence-corrected chi connectivity index (χ1v) is 18.8. The molecule has 0 atom stereocenters. The third-order valence-corrected chi connectivity index (χ3v) is 9.93. The van der Waals surface area contributed by atoms with Gasteiger partial charge in [-0.2, -0.15) is 5.10 Å². The summed E-state index contributed by atoms with van der Waals surface area (Å²) in [6.45, 7) is 20.3. The number of ether oxygens (including phenoxy) is 1. The van der Waals surface area contributed by atoms with Crippen LogP contribution in [0.5, 0.6) is 11.5 Å². The molecule has 0 amide bonds. The Balaban J connectivity index is 1.29. The maximum Gasteiger partial charge on any atom is 0.137 e. The molecule has 3 aromatic heterocycles. The van der Waals surface area contributed by atoms with Crippen molar-refractivity contribution < 1.29 is 4.74 Å². The molecule has 0 unspecified atom stereocenters. The Morgan fingerprint density at radius 1 is 0.692 bits per heavy atom. The molecule has 3 heterocycles. The zero-order chi connectivity index (χ0) is 36.7. The van der Waals surface area contributed by atoms with Crippen molar-refractivity contribution in [1.82, 2.24) is 19.3 Å². The van der Waals surface area contributed by atoms with Gasteiger partial charge in [0.25, 0.3) is 0 Å². The van der Waals surface area contributed by atoms with E-state index in [-0.39, 0.29) is 5.41 Å². The van der Waals surface area contributed by atoms with E-state index in [1.54, 1.807) is 0 Å². The van der Waals surface area contributed by atoms with Crippen LogP contribution in [0.2, 0.25) is 0 Å². The Labute approximate surface area is 309 Å². The van der Waals surface area contributed by atoms with Crippen molar-refractivity contribution >= 4 is 21.8 Å². The zero-order valence-corrected chi connectivity index (χ0v) is 32.2. The van der Waals surface area contributed by atoms with Gasteiger partial charge in [0.05, 0.1) is 22.9 Å². The molecule has 5 heteroatoms. The second-order valence-corrected chi connectivity index (χ2v) is 16.5. The van der Waals surface area contributed by atoms with Gasteiger partial charge in [0.15, 0.2) is 0 Å². The van der Waals surface area contributed by atoms with Gasteiger partial charge >= 0.3 is 0 Å². The second-order valence-electron chi connectivity index (χ2n) is 16.5. The largest absolute Gasteiger partial charge is 0.457 e. The Morgan fingerprint density at radius 2 is 1.40 bits per heavy atom. The highest BCUT2D eigenvalue weighted by molar-refractivity contribution is 6.09. The minimum absolute atomic E-state index is 0.00698. The molecule has 0 bridgehead atoms. The van der Waals surface area contributed by atoms with Gasteiger partial charge in [0, 0.05) is 40.9 Å². The highest BCUT2D eigenvalue weighted by Gasteiger charge is 2.19. The minimum Gasteiger partial charge on any atom is -0.457 e. The topological polar surface area (TPSA) is 44.9 Å². The molecule has 0 radical (unpaired) electrons. The van der Waals surface area contributed by atoms with E-state index < -0.39 is 0 Å². The van der Waals surface area contributed by atoms with Gasteiger partial charge < -0.3 is 4.74 Å². The van der Waals surface area contributed by atoms with E-state index in [4.69, 9.17) is 14.8 Å². The number of aromatic nitrogens is 4. The van der Waals surface area contributed by atoms with Crippen molar-refractivity contribution in [3.63, 3.8) is 0 Å². The van der Waals surface area contributed by atoms with Crippen molar-refractivity contribution in [3.05, 3.63) is 132 Å². The lowest BCUT2D eigenvalue weighted by Crippen LogP contribution is -2.12. The summed E-state index contributed by atoms with van der Waals surface area (Å²) in [5.41, 5.74) is 10.9. The van der Waals surface area contributed by atoms with Crippen molar-refractivity contribution in [2.45, 2.75) is 86.5 Å². The summed E-state index contributed by atoms with van der Waals surface area (Å²) in [5.74, 6) is 3.91. The highest BCUT2D eigenvalue weighted by Crippen LogP contribution is 2.37. The number of nitrogens with zero attached hydrogens (tertiary/aromatic N) is 4. The molecule has 4 aromatic carbocycles. The third kappa shape index (κ3) is 7.14. The van der Waals surface area contributed by atoms with Crippen molar-refractivity contribution in [3.8, 4) is 34.1 Å². The Kier molecular flexibility index (Phi) is 9.56. The summed E-state index contributed by atoms with van der Waals surface area (Å²) in [4.78, 5) is 4.86. The number of hydrogen-bond donors (Lipinski definition) is 0. The molecule has 0 spiro atoms. The van der Waals surface area contributed by atoms with E-state index in [1.165, 1.54) is 38.6 Å². The number of para-hydroxylation sites is 1. The maximum atomic E-state index is 6.75. The molecule has 266 valence electrons.